The third-order valence-corrected chi connectivity index (χ3v) is 4.64. The lowest BCUT2D eigenvalue weighted by Gasteiger charge is -2.08. The van der Waals surface area contributed by atoms with E-state index in [4.69, 9.17) is 0 Å². The average Bonchev–Trinajstić information content (AvgIpc) is 2.55. The van der Waals surface area contributed by atoms with E-state index in [0.29, 0.717) is 12.0 Å². The molecule has 7 heteroatoms. The maximum absolute atomic E-state index is 13.4. The molecule has 5 nitrogen and oxygen atoms in total. The maximum atomic E-state index is 13.4. The molecule has 0 aromatic heterocycles. The van der Waals surface area contributed by atoms with Crippen molar-refractivity contribution in [3.8, 4) is 0 Å². The number of rotatable bonds is 8. The molecular weight excluding hydrogens is 331 g/mol. The number of hydrogen-bond acceptors (Lipinski definition) is 3. The molecule has 0 fully saturated rings. The number of halogens is 1. The molecule has 24 heavy (non-hydrogen) atoms. The van der Waals surface area contributed by atoms with Gasteiger partial charge in [0.1, 0.15) is 5.82 Å². The predicted octanol–water partition coefficient (Wildman–Crippen LogP) is 2.07. The van der Waals surface area contributed by atoms with Crippen molar-refractivity contribution < 1.29 is 17.6 Å². The molecule has 0 aliphatic rings. The van der Waals surface area contributed by atoms with Gasteiger partial charge >= 0.3 is 0 Å². The lowest BCUT2D eigenvalue weighted by atomic mass is 10.2. The Labute approximate surface area is 141 Å². The second kappa shape index (κ2) is 8.56. The highest BCUT2D eigenvalue weighted by molar-refractivity contribution is 7.88. The van der Waals surface area contributed by atoms with E-state index in [1.54, 1.807) is 30.3 Å². The summed E-state index contributed by atoms with van der Waals surface area (Å²) in [6, 6.07) is 14.6. The van der Waals surface area contributed by atoms with E-state index in [9.17, 15) is 17.6 Å². The van der Waals surface area contributed by atoms with Crippen LogP contribution in [-0.2, 0) is 15.8 Å². The molecule has 0 unspecified atom stereocenters. The van der Waals surface area contributed by atoms with Gasteiger partial charge in [-0.3, -0.25) is 4.79 Å². The highest BCUT2D eigenvalue weighted by atomic mass is 32.2. The predicted molar refractivity (Wildman–Crippen MR) is 90.4 cm³/mol. The van der Waals surface area contributed by atoms with Crippen LogP contribution in [0.4, 0.5) is 4.39 Å². The van der Waals surface area contributed by atoms with Crippen molar-refractivity contribution in [2.45, 2.75) is 12.2 Å². The van der Waals surface area contributed by atoms with E-state index in [1.165, 1.54) is 18.2 Å². The molecule has 1 amide bonds. The van der Waals surface area contributed by atoms with Gasteiger partial charge in [-0.05, 0) is 24.1 Å². The van der Waals surface area contributed by atoms with Gasteiger partial charge in [0, 0.05) is 13.1 Å². The average molecular weight is 350 g/mol. The van der Waals surface area contributed by atoms with Gasteiger partial charge in [0.15, 0.2) is 0 Å². The molecule has 0 aliphatic heterocycles. The van der Waals surface area contributed by atoms with Gasteiger partial charge < -0.3 is 5.32 Å². The molecule has 128 valence electrons. The molecule has 2 rings (SSSR count). The molecular formula is C17H19FN2O3S. The standard InChI is InChI=1S/C17H19FN2O3S/c18-16-10-5-4-9-15(16)17(21)19-11-6-12-20-24(22,23)13-14-7-2-1-3-8-14/h1-5,7-10,20H,6,11-13H2,(H,19,21). The second-order valence-corrected chi connectivity index (χ2v) is 7.04. The first-order chi connectivity index (χ1) is 11.5. The Bertz CT molecular complexity index is 779. The van der Waals surface area contributed by atoms with Gasteiger partial charge in [-0.2, -0.15) is 0 Å². The van der Waals surface area contributed by atoms with Crippen molar-refractivity contribution >= 4 is 15.9 Å². The van der Waals surface area contributed by atoms with Gasteiger partial charge in [-0.1, -0.05) is 42.5 Å². The minimum Gasteiger partial charge on any atom is -0.352 e. The summed E-state index contributed by atoms with van der Waals surface area (Å²) in [6.07, 6.45) is 0.411. The number of benzene rings is 2. The van der Waals surface area contributed by atoms with Crippen molar-refractivity contribution in [2.75, 3.05) is 13.1 Å². The summed E-state index contributed by atoms with van der Waals surface area (Å²) >= 11 is 0. The summed E-state index contributed by atoms with van der Waals surface area (Å²) in [5.74, 6) is -1.19. The SMILES string of the molecule is O=C(NCCCNS(=O)(=O)Cc1ccccc1)c1ccccc1F. The van der Waals surface area contributed by atoms with E-state index in [0.717, 1.165) is 0 Å². The number of nitrogens with one attached hydrogen (secondary N) is 2. The van der Waals surface area contributed by atoms with Crippen molar-refractivity contribution in [2.24, 2.45) is 0 Å². The molecule has 0 saturated heterocycles. The number of amides is 1. The molecule has 0 aliphatic carbocycles. The largest absolute Gasteiger partial charge is 0.352 e. The molecule has 2 N–H and O–H groups in total. The molecule has 0 atom stereocenters. The van der Waals surface area contributed by atoms with Crippen LogP contribution in [0, 0.1) is 5.82 Å². The quantitative estimate of drug-likeness (QED) is 0.716. The van der Waals surface area contributed by atoms with Crippen LogP contribution in [0.5, 0.6) is 0 Å². The lowest BCUT2D eigenvalue weighted by molar-refractivity contribution is 0.0949. The van der Waals surface area contributed by atoms with E-state index in [1.807, 2.05) is 6.07 Å². The van der Waals surface area contributed by atoms with E-state index < -0.39 is 21.7 Å². The first kappa shape index (κ1) is 18.1. The zero-order valence-electron chi connectivity index (χ0n) is 13.0. The minimum atomic E-state index is -3.42. The number of carbonyl (C=O) groups excluding carboxylic acids is 1. The van der Waals surface area contributed by atoms with Gasteiger partial charge in [0.25, 0.3) is 5.91 Å². The molecule has 0 radical (unpaired) electrons. The van der Waals surface area contributed by atoms with Crippen LogP contribution in [0.1, 0.15) is 22.3 Å². The Balaban J connectivity index is 1.71. The maximum Gasteiger partial charge on any atom is 0.254 e. The van der Waals surface area contributed by atoms with E-state index in [-0.39, 0.29) is 24.4 Å². The summed E-state index contributed by atoms with van der Waals surface area (Å²) in [6.45, 7) is 0.452. The molecule has 2 aromatic rings. The first-order valence-corrected chi connectivity index (χ1v) is 9.17. The van der Waals surface area contributed by atoms with E-state index >= 15 is 0 Å². The van der Waals surface area contributed by atoms with Crippen LogP contribution in [0.3, 0.4) is 0 Å². The Morgan fingerprint density at radius 3 is 2.33 bits per heavy atom. The zero-order valence-corrected chi connectivity index (χ0v) is 13.9. The van der Waals surface area contributed by atoms with Crippen molar-refractivity contribution in [1.82, 2.24) is 10.0 Å². The van der Waals surface area contributed by atoms with Crippen LogP contribution in [0.15, 0.2) is 54.6 Å². The lowest BCUT2D eigenvalue weighted by Crippen LogP contribution is -2.30. The smallest absolute Gasteiger partial charge is 0.254 e. The molecule has 0 spiro atoms. The molecule has 2 aromatic carbocycles. The van der Waals surface area contributed by atoms with Crippen LogP contribution in [0.25, 0.3) is 0 Å². The zero-order chi connectivity index (χ0) is 17.4. The molecule has 0 saturated carbocycles. The van der Waals surface area contributed by atoms with Crippen molar-refractivity contribution in [3.63, 3.8) is 0 Å². The summed E-state index contributed by atoms with van der Waals surface area (Å²) in [7, 11) is -3.42. The van der Waals surface area contributed by atoms with Crippen LogP contribution in [0.2, 0.25) is 0 Å². The summed E-state index contributed by atoms with van der Waals surface area (Å²) in [5, 5.41) is 2.56. The van der Waals surface area contributed by atoms with Crippen LogP contribution >= 0.6 is 0 Å². The van der Waals surface area contributed by atoms with Crippen LogP contribution < -0.4 is 10.0 Å². The highest BCUT2D eigenvalue weighted by Crippen LogP contribution is 2.06. The van der Waals surface area contributed by atoms with E-state index in [2.05, 4.69) is 10.0 Å². The second-order valence-electron chi connectivity index (χ2n) is 5.23. The fourth-order valence-electron chi connectivity index (χ4n) is 2.10. The Morgan fingerprint density at radius 2 is 1.62 bits per heavy atom. The fraction of sp³-hybridized carbons (Fsp3) is 0.235. The molecule has 0 heterocycles. The summed E-state index contributed by atoms with van der Waals surface area (Å²) in [4.78, 5) is 11.8. The normalized spacial score (nSPS) is 11.2. The van der Waals surface area contributed by atoms with Crippen molar-refractivity contribution in [3.05, 3.63) is 71.5 Å². The topological polar surface area (TPSA) is 75.3 Å². The van der Waals surface area contributed by atoms with Gasteiger partial charge in [0.05, 0.1) is 11.3 Å². The number of sulfonamides is 1. The Morgan fingerprint density at radius 1 is 0.958 bits per heavy atom. The van der Waals surface area contributed by atoms with Gasteiger partial charge in [-0.25, -0.2) is 17.5 Å². The number of carbonyl (C=O) groups is 1. The number of hydrogen-bond donors (Lipinski definition) is 2. The monoisotopic (exact) mass is 350 g/mol. The Hall–Kier alpha value is -2.25. The minimum absolute atomic E-state index is 0.0258. The fourth-order valence-corrected chi connectivity index (χ4v) is 3.29. The molecule has 0 bridgehead atoms. The Kier molecular flexibility index (Phi) is 6.45. The summed E-state index contributed by atoms with van der Waals surface area (Å²) < 4.78 is 39.7. The summed E-state index contributed by atoms with van der Waals surface area (Å²) in [5.41, 5.74) is 0.681. The third kappa shape index (κ3) is 5.75. The van der Waals surface area contributed by atoms with Crippen molar-refractivity contribution in [1.29, 1.82) is 0 Å². The first-order valence-electron chi connectivity index (χ1n) is 7.52. The highest BCUT2D eigenvalue weighted by Gasteiger charge is 2.12. The van der Waals surface area contributed by atoms with Gasteiger partial charge in [-0.15, -0.1) is 0 Å². The van der Waals surface area contributed by atoms with Crippen LogP contribution in [-0.4, -0.2) is 27.4 Å². The van der Waals surface area contributed by atoms with Gasteiger partial charge in [0.2, 0.25) is 10.0 Å². The third-order valence-electron chi connectivity index (χ3n) is 3.28.